The Morgan fingerprint density at radius 1 is 1.15 bits per heavy atom. The van der Waals surface area contributed by atoms with Crippen molar-refractivity contribution in [2.24, 2.45) is 11.7 Å². The van der Waals surface area contributed by atoms with Gasteiger partial charge in [-0.1, -0.05) is 36.4 Å². The van der Waals surface area contributed by atoms with Crippen LogP contribution in [0.5, 0.6) is 11.5 Å². The first-order chi connectivity index (χ1) is 16.4. The van der Waals surface area contributed by atoms with Gasteiger partial charge in [0, 0.05) is 36.4 Å². The summed E-state index contributed by atoms with van der Waals surface area (Å²) >= 11 is 0. The van der Waals surface area contributed by atoms with Gasteiger partial charge in [0.15, 0.2) is 5.78 Å². The number of rotatable bonds is 7. The molecule has 6 heteroatoms. The highest BCUT2D eigenvalue weighted by molar-refractivity contribution is 5.99. The zero-order valence-electron chi connectivity index (χ0n) is 19.2. The highest BCUT2D eigenvalue weighted by Gasteiger charge is 2.43. The highest BCUT2D eigenvalue weighted by Crippen LogP contribution is 2.47. The topological polar surface area (TPSA) is 86.8 Å². The average molecular weight is 462 g/mol. The van der Waals surface area contributed by atoms with Gasteiger partial charge in [0.1, 0.15) is 17.3 Å². The number of halogens is 1. The summed E-state index contributed by atoms with van der Waals surface area (Å²) in [7, 11) is 0. The van der Waals surface area contributed by atoms with Gasteiger partial charge >= 0.3 is 0 Å². The number of ketones is 1. The maximum absolute atomic E-state index is 14.7. The number of phenols is 2. The Labute approximate surface area is 199 Å². The third-order valence-electron chi connectivity index (χ3n) is 6.87. The summed E-state index contributed by atoms with van der Waals surface area (Å²) in [5.41, 5.74) is 8.15. The van der Waals surface area contributed by atoms with Crippen molar-refractivity contribution in [1.29, 1.82) is 0 Å². The normalized spacial score (nSPS) is 20.9. The van der Waals surface area contributed by atoms with Gasteiger partial charge in [-0.25, -0.2) is 4.39 Å². The molecule has 0 aliphatic carbocycles. The van der Waals surface area contributed by atoms with E-state index in [-0.39, 0.29) is 34.9 Å². The molecule has 1 saturated heterocycles. The lowest BCUT2D eigenvalue weighted by molar-refractivity contribution is 0.0736. The number of hydrogen-bond acceptors (Lipinski definition) is 5. The second-order valence-electron chi connectivity index (χ2n) is 8.99. The molecule has 3 aromatic carbocycles. The molecule has 0 amide bonds. The molecule has 4 N–H and O–H groups in total. The molecule has 1 aliphatic rings. The number of Topliss-reactive ketones (excluding diaryl/α,β-unsaturated/α-hetero) is 1. The molecule has 0 saturated carbocycles. The smallest absolute Gasteiger partial charge is 0.167 e. The van der Waals surface area contributed by atoms with Gasteiger partial charge in [0.25, 0.3) is 0 Å². The van der Waals surface area contributed by atoms with Crippen LogP contribution in [-0.2, 0) is 0 Å². The van der Waals surface area contributed by atoms with E-state index in [1.165, 1.54) is 24.3 Å². The van der Waals surface area contributed by atoms with Crippen molar-refractivity contribution in [3.05, 3.63) is 94.8 Å². The van der Waals surface area contributed by atoms with Crippen molar-refractivity contribution in [2.45, 2.75) is 25.2 Å². The lowest BCUT2D eigenvalue weighted by Crippen LogP contribution is -2.47. The molecule has 34 heavy (non-hydrogen) atoms. The maximum atomic E-state index is 14.7. The van der Waals surface area contributed by atoms with Gasteiger partial charge in [-0.15, -0.1) is 0 Å². The Morgan fingerprint density at radius 3 is 2.68 bits per heavy atom. The van der Waals surface area contributed by atoms with Crippen molar-refractivity contribution >= 4 is 5.78 Å². The van der Waals surface area contributed by atoms with Crippen LogP contribution in [0.2, 0.25) is 0 Å². The number of benzene rings is 3. The molecule has 1 heterocycles. The lowest BCUT2D eigenvalue weighted by atomic mass is 9.67. The van der Waals surface area contributed by atoms with Crippen LogP contribution >= 0.6 is 0 Å². The van der Waals surface area contributed by atoms with Crippen molar-refractivity contribution in [1.82, 2.24) is 4.90 Å². The average Bonchev–Trinajstić information content (AvgIpc) is 2.84. The Kier molecular flexibility index (Phi) is 7.29. The number of carbonyl (C=O) groups is 1. The number of aromatic hydroxyl groups is 2. The molecule has 177 valence electrons. The minimum absolute atomic E-state index is 0.0212. The molecule has 3 aromatic rings. The first-order valence-corrected chi connectivity index (χ1v) is 11.6. The van der Waals surface area contributed by atoms with E-state index >= 15 is 0 Å². The van der Waals surface area contributed by atoms with E-state index in [0.717, 1.165) is 12.0 Å². The number of phenolic OH excluding ortho intramolecular Hbond substituents is 2. The van der Waals surface area contributed by atoms with Gasteiger partial charge < -0.3 is 20.8 Å². The molecule has 1 radical (unpaired) electrons. The molecule has 1 fully saturated rings. The molecule has 0 unspecified atom stereocenters. The number of likely N-dealkylation sites (tertiary alicyclic amines) is 1. The monoisotopic (exact) mass is 461 g/mol. The summed E-state index contributed by atoms with van der Waals surface area (Å²) in [5.74, 6) is -1.45. The zero-order valence-corrected chi connectivity index (χ0v) is 19.2. The first-order valence-electron chi connectivity index (χ1n) is 11.6. The minimum Gasteiger partial charge on any atom is -0.508 e. The predicted octanol–water partition coefficient (Wildman–Crippen LogP) is 4.38. The Morgan fingerprint density at radius 2 is 1.94 bits per heavy atom. The van der Waals surface area contributed by atoms with Gasteiger partial charge in [0.2, 0.25) is 0 Å². The molecule has 1 aliphatic heterocycles. The third-order valence-corrected chi connectivity index (χ3v) is 6.87. The molecular weight excluding hydrogens is 431 g/mol. The summed E-state index contributed by atoms with van der Waals surface area (Å²) in [6, 6.07) is 19.3. The summed E-state index contributed by atoms with van der Waals surface area (Å²) in [6.45, 7) is 4.06. The molecule has 4 rings (SSSR count). The second-order valence-corrected chi connectivity index (χ2v) is 8.99. The lowest BCUT2D eigenvalue weighted by Gasteiger charge is -2.44. The first kappa shape index (κ1) is 23.9. The van der Waals surface area contributed by atoms with E-state index in [1.54, 1.807) is 31.2 Å². The number of nitrogens with two attached hydrogens (primary N) is 1. The summed E-state index contributed by atoms with van der Waals surface area (Å²) in [6.07, 6.45) is 0.776. The molecule has 0 bridgehead atoms. The van der Waals surface area contributed by atoms with Crippen molar-refractivity contribution in [3.63, 3.8) is 0 Å². The quantitative estimate of drug-likeness (QED) is 0.455. The Balaban J connectivity index is 1.87. The summed E-state index contributed by atoms with van der Waals surface area (Å²) in [5, 5.41) is 20.7. The van der Waals surface area contributed by atoms with E-state index in [9.17, 15) is 19.4 Å². The maximum Gasteiger partial charge on any atom is 0.167 e. The second kappa shape index (κ2) is 10.4. The minimum atomic E-state index is -0.512. The van der Waals surface area contributed by atoms with E-state index < -0.39 is 5.92 Å². The van der Waals surface area contributed by atoms with Gasteiger partial charge in [-0.3, -0.25) is 4.79 Å². The van der Waals surface area contributed by atoms with Crippen molar-refractivity contribution < 1.29 is 19.4 Å². The Hall–Kier alpha value is -3.22. The Bertz CT molecular complexity index is 1170. The fourth-order valence-electron chi connectivity index (χ4n) is 5.21. The predicted molar refractivity (Wildman–Crippen MR) is 130 cm³/mol. The summed E-state index contributed by atoms with van der Waals surface area (Å²) < 4.78 is 14.7. The van der Waals surface area contributed by atoms with E-state index in [0.29, 0.717) is 42.9 Å². The van der Waals surface area contributed by atoms with Crippen LogP contribution in [-0.4, -0.2) is 47.1 Å². The number of piperidine rings is 1. The van der Waals surface area contributed by atoms with Crippen molar-refractivity contribution in [2.75, 3.05) is 26.2 Å². The fraction of sp³-hybridized carbons (Fsp3) is 0.321. The zero-order chi connectivity index (χ0) is 24.2. The van der Waals surface area contributed by atoms with Gasteiger partial charge in [0.05, 0.1) is 0 Å². The number of carbonyl (C=O) groups excluding carboxylic acids is 1. The molecule has 3 atom stereocenters. The molecular formula is C28H30FN2O3. The fourth-order valence-corrected chi connectivity index (χ4v) is 5.21. The van der Waals surface area contributed by atoms with Crippen LogP contribution in [0.3, 0.4) is 0 Å². The van der Waals surface area contributed by atoms with Gasteiger partial charge in [-0.2, -0.15) is 0 Å². The van der Waals surface area contributed by atoms with E-state index in [1.807, 2.05) is 12.1 Å². The number of nitrogens with zero attached hydrogens (tertiary/aromatic N) is 1. The standard InChI is InChI=1S/C28H30FN2O3/c1-18-21(10-5-11-25(18)29)27-23(22-9-2-3-12-26(22)33)16-31(14-6-13-30)17-24(27)28(34)19-7-4-8-20(32)15-19/h2,4-5,7-12,15,23-24,27,32-33H,6,13-14,16-17,30H2,1H3/t23-,24+,27-/m1/s1. The SMILES string of the molecule is Cc1c(F)cccc1[C@H]1[C@@H](C(=O)c2cccc(O)c2)CN(CCCN)C[C@@H]1c1cc[c]cc1O. The summed E-state index contributed by atoms with van der Waals surface area (Å²) in [4.78, 5) is 16.1. The van der Waals surface area contributed by atoms with Crippen molar-refractivity contribution in [3.8, 4) is 11.5 Å². The third kappa shape index (κ3) is 4.83. The van der Waals surface area contributed by atoms with Crippen LogP contribution in [0.1, 0.15) is 45.3 Å². The van der Waals surface area contributed by atoms with E-state index in [4.69, 9.17) is 5.73 Å². The number of hydrogen-bond donors (Lipinski definition) is 3. The highest BCUT2D eigenvalue weighted by atomic mass is 19.1. The van der Waals surface area contributed by atoms with Crippen LogP contribution < -0.4 is 5.73 Å². The van der Waals surface area contributed by atoms with Crippen LogP contribution in [0.25, 0.3) is 0 Å². The van der Waals surface area contributed by atoms with E-state index in [2.05, 4.69) is 11.0 Å². The van der Waals surface area contributed by atoms with Crippen LogP contribution in [0, 0.1) is 24.7 Å². The van der Waals surface area contributed by atoms with Crippen LogP contribution in [0.15, 0.2) is 60.7 Å². The molecule has 5 nitrogen and oxygen atoms in total. The largest absolute Gasteiger partial charge is 0.508 e. The molecule has 0 aromatic heterocycles. The van der Waals surface area contributed by atoms with Gasteiger partial charge in [-0.05, 0) is 73.5 Å². The molecule has 0 spiro atoms. The van der Waals surface area contributed by atoms with Crippen LogP contribution in [0.4, 0.5) is 4.39 Å².